The van der Waals surface area contributed by atoms with Gasteiger partial charge in [0.15, 0.2) is 5.82 Å². The van der Waals surface area contributed by atoms with Crippen LogP contribution >= 0.6 is 0 Å². The first-order valence-electron chi connectivity index (χ1n) is 8.23. The van der Waals surface area contributed by atoms with Gasteiger partial charge in [-0.25, -0.2) is 9.97 Å². The van der Waals surface area contributed by atoms with Gasteiger partial charge in [0, 0.05) is 17.8 Å². The van der Waals surface area contributed by atoms with Crippen LogP contribution in [0.1, 0.15) is 37.9 Å². The van der Waals surface area contributed by atoms with Crippen LogP contribution in [-0.4, -0.2) is 22.1 Å². The van der Waals surface area contributed by atoms with Crippen molar-refractivity contribution in [2.24, 2.45) is 0 Å². The zero-order valence-electron chi connectivity index (χ0n) is 14.7. The summed E-state index contributed by atoms with van der Waals surface area (Å²) in [6.07, 6.45) is 8.27. The van der Waals surface area contributed by atoms with Gasteiger partial charge >= 0.3 is 0 Å². The standard InChI is InChI=1S/C18H17N3O.C2H6/c1-3-15-14-7-4-8-16(22-2)18(14)21-17(20-15)10-9-13-6-5-11-19-12-13;1-2/h4-12H,3H2,1-2H3;1-2H3/b10-9+;. The number of rotatable bonds is 4. The van der Waals surface area contributed by atoms with Crippen molar-refractivity contribution in [3.05, 3.63) is 59.8 Å². The molecule has 4 nitrogen and oxygen atoms in total. The minimum Gasteiger partial charge on any atom is -0.494 e. The molecular formula is C20H23N3O. The molecule has 124 valence electrons. The summed E-state index contributed by atoms with van der Waals surface area (Å²) < 4.78 is 5.42. The maximum atomic E-state index is 5.42. The smallest absolute Gasteiger partial charge is 0.152 e. The Morgan fingerprint density at radius 3 is 2.54 bits per heavy atom. The Hall–Kier alpha value is -2.75. The molecule has 1 aromatic carbocycles. The van der Waals surface area contributed by atoms with Gasteiger partial charge in [-0.1, -0.05) is 39.0 Å². The molecule has 0 aliphatic carbocycles. The highest BCUT2D eigenvalue weighted by Crippen LogP contribution is 2.26. The summed E-state index contributed by atoms with van der Waals surface area (Å²) in [5.41, 5.74) is 2.89. The zero-order valence-corrected chi connectivity index (χ0v) is 14.7. The molecule has 3 rings (SSSR count). The predicted octanol–water partition coefficient (Wildman–Crippen LogP) is 4.79. The number of para-hydroxylation sites is 1. The Labute approximate surface area is 143 Å². The van der Waals surface area contributed by atoms with Crippen LogP contribution < -0.4 is 4.74 Å². The normalized spacial score (nSPS) is 10.5. The first-order valence-corrected chi connectivity index (χ1v) is 8.23. The lowest BCUT2D eigenvalue weighted by Crippen LogP contribution is -1.98. The van der Waals surface area contributed by atoms with Crippen LogP contribution in [0.2, 0.25) is 0 Å². The Balaban J connectivity index is 0.00000100. The van der Waals surface area contributed by atoms with E-state index in [1.165, 1.54) is 0 Å². The molecule has 0 amide bonds. The number of hydrogen-bond donors (Lipinski definition) is 0. The van der Waals surface area contributed by atoms with Gasteiger partial charge in [-0.05, 0) is 36.3 Å². The Morgan fingerprint density at radius 2 is 1.88 bits per heavy atom. The number of benzene rings is 1. The van der Waals surface area contributed by atoms with Crippen molar-refractivity contribution in [2.75, 3.05) is 7.11 Å². The van der Waals surface area contributed by atoms with E-state index in [1.54, 1.807) is 19.5 Å². The number of nitrogens with zero attached hydrogens (tertiary/aromatic N) is 3. The number of ether oxygens (including phenoxy) is 1. The van der Waals surface area contributed by atoms with E-state index in [0.717, 1.165) is 34.3 Å². The second-order valence-electron chi connectivity index (χ2n) is 4.86. The molecule has 0 saturated heterocycles. The van der Waals surface area contributed by atoms with Crippen LogP contribution in [0.25, 0.3) is 23.1 Å². The molecular weight excluding hydrogens is 298 g/mol. The van der Waals surface area contributed by atoms with Gasteiger partial charge in [0.05, 0.1) is 12.8 Å². The maximum Gasteiger partial charge on any atom is 0.152 e. The Morgan fingerprint density at radius 1 is 1.04 bits per heavy atom. The van der Waals surface area contributed by atoms with Gasteiger partial charge < -0.3 is 4.74 Å². The number of aryl methyl sites for hydroxylation is 1. The van der Waals surface area contributed by atoms with E-state index in [-0.39, 0.29) is 0 Å². The van der Waals surface area contributed by atoms with Crippen molar-refractivity contribution >= 4 is 23.1 Å². The van der Waals surface area contributed by atoms with E-state index in [0.29, 0.717) is 5.82 Å². The van der Waals surface area contributed by atoms with E-state index < -0.39 is 0 Å². The molecule has 0 spiro atoms. The van der Waals surface area contributed by atoms with E-state index in [2.05, 4.69) is 21.9 Å². The highest BCUT2D eigenvalue weighted by Gasteiger charge is 2.09. The molecule has 0 unspecified atom stereocenters. The highest BCUT2D eigenvalue weighted by molar-refractivity contribution is 5.87. The second kappa shape index (κ2) is 8.77. The van der Waals surface area contributed by atoms with Crippen LogP contribution in [0.4, 0.5) is 0 Å². The van der Waals surface area contributed by atoms with Gasteiger partial charge in [-0.3, -0.25) is 4.98 Å². The number of hydrogen-bond acceptors (Lipinski definition) is 4. The molecule has 0 bridgehead atoms. The number of aromatic nitrogens is 3. The quantitative estimate of drug-likeness (QED) is 0.693. The average molecular weight is 321 g/mol. The summed E-state index contributed by atoms with van der Waals surface area (Å²) >= 11 is 0. The molecule has 4 heteroatoms. The van der Waals surface area contributed by atoms with Crippen LogP contribution in [0, 0.1) is 0 Å². The number of methoxy groups -OCH3 is 1. The van der Waals surface area contributed by atoms with Gasteiger partial charge in [0.1, 0.15) is 11.3 Å². The van der Waals surface area contributed by atoms with Crippen LogP contribution in [-0.2, 0) is 6.42 Å². The fourth-order valence-electron chi connectivity index (χ4n) is 2.36. The maximum absolute atomic E-state index is 5.42. The first kappa shape index (κ1) is 17.6. The fraction of sp³-hybridized carbons (Fsp3) is 0.250. The van der Waals surface area contributed by atoms with Gasteiger partial charge in [0.25, 0.3) is 0 Å². The summed E-state index contributed by atoms with van der Waals surface area (Å²) in [4.78, 5) is 13.4. The lowest BCUT2D eigenvalue weighted by atomic mass is 10.1. The predicted molar refractivity (Wildman–Crippen MR) is 100.0 cm³/mol. The van der Waals surface area contributed by atoms with Gasteiger partial charge in [-0.15, -0.1) is 0 Å². The third-order valence-corrected chi connectivity index (χ3v) is 3.45. The summed E-state index contributed by atoms with van der Waals surface area (Å²) in [5.74, 6) is 1.45. The Kier molecular flexibility index (Phi) is 6.43. The summed E-state index contributed by atoms with van der Waals surface area (Å²) in [6.45, 7) is 6.09. The largest absolute Gasteiger partial charge is 0.494 e. The molecule has 0 aliphatic heterocycles. The molecule has 0 saturated carbocycles. The zero-order chi connectivity index (χ0) is 17.4. The number of pyridine rings is 1. The van der Waals surface area contributed by atoms with E-state index in [9.17, 15) is 0 Å². The van der Waals surface area contributed by atoms with Crippen LogP contribution in [0.3, 0.4) is 0 Å². The lowest BCUT2D eigenvalue weighted by Gasteiger charge is -2.08. The van der Waals surface area contributed by atoms with Crippen LogP contribution in [0.5, 0.6) is 5.75 Å². The Bertz CT molecular complexity index is 814. The molecule has 0 aliphatic rings. The summed E-state index contributed by atoms with van der Waals surface area (Å²) in [5, 5.41) is 1.04. The molecule has 24 heavy (non-hydrogen) atoms. The summed E-state index contributed by atoms with van der Waals surface area (Å²) in [6, 6.07) is 9.82. The molecule has 2 aromatic heterocycles. The third-order valence-electron chi connectivity index (χ3n) is 3.45. The molecule has 3 aromatic rings. The van der Waals surface area contributed by atoms with Crippen LogP contribution in [0.15, 0.2) is 42.7 Å². The second-order valence-corrected chi connectivity index (χ2v) is 4.86. The molecule has 2 heterocycles. The van der Waals surface area contributed by atoms with Crippen molar-refractivity contribution in [2.45, 2.75) is 27.2 Å². The minimum absolute atomic E-state index is 0.678. The fourth-order valence-corrected chi connectivity index (χ4v) is 2.36. The lowest BCUT2D eigenvalue weighted by molar-refractivity contribution is 0.419. The average Bonchev–Trinajstić information content (AvgIpc) is 2.67. The van der Waals surface area contributed by atoms with Crippen molar-refractivity contribution in [3.8, 4) is 5.75 Å². The van der Waals surface area contributed by atoms with E-state index in [4.69, 9.17) is 4.74 Å². The number of fused-ring (bicyclic) bond motifs is 1. The topological polar surface area (TPSA) is 47.9 Å². The SMILES string of the molecule is CC.CCc1nc(/C=C/c2cccnc2)nc2c(OC)cccc12. The van der Waals surface area contributed by atoms with E-state index >= 15 is 0 Å². The van der Waals surface area contributed by atoms with E-state index in [1.807, 2.05) is 56.3 Å². The third kappa shape index (κ3) is 3.96. The monoisotopic (exact) mass is 321 g/mol. The van der Waals surface area contributed by atoms with Gasteiger partial charge in [0.2, 0.25) is 0 Å². The van der Waals surface area contributed by atoms with Gasteiger partial charge in [-0.2, -0.15) is 0 Å². The van der Waals surface area contributed by atoms with Crippen molar-refractivity contribution in [1.29, 1.82) is 0 Å². The molecule has 0 atom stereocenters. The minimum atomic E-state index is 0.678. The van der Waals surface area contributed by atoms with Crippen molar-refractivity contribution in [1.82, 2.24) is 15.0 Å². The van der Waals surface area contributed by atoms with Crippen molar-refractivity contribution in [3.63, 3.8) is 0 Å². The highest BCUT2D eigenvalue weighted by atomic mass is 16.5. The first-order chi connectivity index (χ1) is 11.8. The summed E-state index contributed by atoms with van der Waals surface area (Å²) in [7, 11) is 1.66. The molecule has 0 N–H and O–H groups in total. The molecule has 0 radical (unpaired) electrons. The molecule has 0 fully saturated rings. The van der Waals surface area contributed by atoms with Crippen molar-refractivity contribution < 1.29 is 4.74 Å².